The van der Waals surface area contributed by atoms with Crippen LogP contribution in [-0.4, -0.2) is 35.0 Å². The van der Waals surface area contributed by atoms with Crippen LogP contribution in [0.25, 0.3) is 0 Å². The normalized spacial score (nSPS) is 22.7. The van der Waals surface area contributed by atoms with Crippen LogP contribution < -0.4 is 5.32 Å². The molecule has 2 atom stereocenters. The number of fused-ring (bicyclic) bond motifs is 1. The van der Waals surface area contributed by atoms with Gasteiger partial charge in [-0.1, -0.05) is 23.7 Å². The second-order valence-electron chi connectivity index (χ2n) is 6.65. The first-order chi connectivity index (χ1) is 12.2. The molecule has 1 aliphatic heterocycles. The molecule has 0 radical (unpaired) electrons. The number of anilines is 1. The minimum atomic E-state index is 0.0944. The number of aromatic nitrogens is 2. The Morgan fingerprint density at radius 2 is 2.24 bits per heavy atom. The van der Waals surface area contributed by atoms with Crippen LogP contribution in [0.2, 0.25) is 5.02 Å². The number of halogens is 1. The molecule has 0 bridgehead atoms. The largest absolute Gasteiger partial charge is 0.376 e. The molecule has 1 aromatic heterocycles. The number of ether oxygens (including phenoxy) is 1. The maximum Gasteiger partial charge on any atom is 0.222 e. The van der Waals surface area contributed by atoms with Gasteiger partial charge in [0.1, 0.15) is 0 Å². The third-order valence-electron chi connectivity index (χ3n) is 4.87. The van der Waals surface area contributed by atoms with E-state index in [9.17, 15) is 4.79 Å². The topological polar surface area (TPSA) is 64.1 Å². The summed E-state index contributed by atoms with van der Waals surface area (Å²) in [7, 11) is 0. The first kappa shape index (κ1) is 16.5. The fourth-order valence-corrected chi connectivity index (χ4v) is 3.74. The zero-order valence-electron chi connectivity index (χ0n) is 13.9. The van der Waals surface area contributed by atoms with Crippen molar-refractivity contribution in [3.63, 3.8) is 0 Å². The van der Waals surface area contributed by atoms with Gasteiger partial charge < -0.3 is 10.1 Å². The van der Waals surface area contributed by atoms with E-state index >= 15 is 0 Å². The zero-order valence-corrected chi connectivity index (χ0v) is 14.6. The summed E-state index contributed by atoms with van der Waals surface area (Å²) in [4.78, 5) is 21.4. The molecular weight excluding hydrogens is 338 g/mol. The van der Waals surface area contributed by atoms with Crippen molar-refractivity contribution in [3.05, 3.63) is 52.3 Å². The number of rotatable bonds is 4. The number of benzene rings is 1. The van der Waals surface area contributed by atoms with Crippen molar-refractivity contribution in [1.82, 2.24) is 9.97 Å². The summed E-state index contributed by atoms with van der Waals surface area (Å²) >= 11 is 6.10. The summed E-state index contributed by atoms with van der Waals surface area (Å²) in [5.74, 6) is 0.769. The first-order valence-corrected chi connectivity index (χ1v) is 9.07. The third kappa shape index (κ3) is 3.67. The molecule has 25 heavy (non-hydrogen) atoms. The van der Waals surface area contributed by atoms with Crippen molar-refractivity contribution < 1.29 is 9.53 Å². The van der Waals surface area contributed by atoms with Gasteiger partial charge in [0.2, 0.25) is 5.95 Å². The monoisotopic (exact) mass is 357 g/mol. The predicted molar refractivity (Wildman–Crippen MR) is 96.3 cm³/mol. The highest BCUT2D eigenvalue weighted by atomic mass is 35.5. The molecule has 5 nitrogen and oxygen atoms in total. The molecule has 0 spiro atoms. The number of hydrogen-bond donors (Lipinski definition) is 1. The number of carbonyl (C=O) groups is 1. The summed E-state index contributed by atoms with van der Waals surface area (Å²) in [6.07, 6.45) is 5.23. The van der Waals surface area contributed by atoms with Gasteiger partial charge in [-0.15, -0.1) is 0 Å². The standard InChI is InChI=1S/C19H20ClN3O2/c20-14-4-1-3-12(7-14)13-8-17-16(18(24)9-13)11-22-19(23-17)21-10-15-5-2-6-25-15/h1,3-4,7,11,13,15H,2,5-6,8-10H2,(H,21,22,23). The molecule has 130 valence electrons. The average Bonchev–Trinajstić information content (AvgIpc) is 3.13. The number of Topliss-reactive ketones (excluding diaryl/α,β-unsaturated/α-hetero) is 1. The maximum absolute atomic E-state index is 12.5. The summed E-state index contributed by atoms with van der Waals surface area (Å²) in [6.45, 7) is 1.53. The van der Waals surface area contributed by atoms with Crippen LogP contribution in [0, 0.1) is 0 Å². The number of hydrogen-bond acceptors (Lipinski definition) is 5. The van der Waals surface area contributed by atoms with E-state index in [4.69, 9.17) is 16.3 Å². The maximum atomic E-state index is 12.5. The van der Waals surface area contributed by atoms with Crippen LogP contribution in [0.5, 0.6) is 0 Å². The predicted octanol–water partition coefficient (Wildman–Crippen LogP) is 3.63. The molecule has 2 aromatic rings. The van der Waals surface area contributed by atoms with E-state index < -0.39 is 0 Å². The number of nitrogens with one attached hydrogen (secondary N) is 1. The lowest BCUT2D eigenvalue weighted by Gasteiger charge is -2.23. The van der Waals surface area contributed by atoms with Gasteiger partial charge in [0.15, 0.2) is 5.78 Å². The van der Waals surface area contributed by atoms with E-state index in [0.29, 0.717) is 29.5 Å². The number of nitrogens with zero attached hydrogens (tertiary/aromatic N) is 2. The highest BCUT2D eigenvalue weighted by molar-refractivity contribution is 6.30. The molecule has 1 saturated heterocycles. The van der Waals surface area contributed by atoms with Crippen molar-refractivity contribution in [2.75, 3.05) is 18.5 Å². The zero-order chi connectivity index (χ0) is 17.2. The van der Waals surface area contributed by atoms with E-state index in [1.165, 1.54) is 0 Å². The van der Waals surface area contributed by atoms with Gasteiger partial charge in [0.25, 0.3) is 0 Å². The van der Waals surface area contributed by atoms with E-state index in [1.807, 2.05) is 24.3 Å². The van der Waals surface area contributed by atoms with Crippen molar-refractivity contribution in [2.24, 2.45) is 0 Å². The fraction of sp³-hybridized carbons (Fsp3) is 0.421. The van der Waals surface area contributed by atoms with Crippen molar-refractivity contribution in [3.8, 4) is 0 Å². The SMILES string of the molecule is O=C1CC(c2cccc(Cl)c2)Cc2nc(NCC3CCCO3)ncc21. The summed E-state index contributed by atoms with van der Waals surface area (Å²) in [5, 5.41) is 3.93. The minimum absolute atomic E-state index is 0.0944. The van der Waals surface area contributed by atoms with Crippen LogP contribution in [0.4, 0.5) is 5.95 Å². The molecule has 6 heteroatoms. The molecule has 1 fully saturated rings. The summed E-state index contributed by atoms with van der Waals surface area (Å²) < 4.78 is 5.61. The van der Waals surface area contributed by atoms with Gasteiger partial charge in [-0.25, -0.2) is 9.97 Å². The molecule has 2 unspecified atom stereocenters. The van der Waals surface area contributed by atoms with Gasteiger partial charge in [-0.05, 0) is 42.9 Å². The molecule has 0 amide bonds. The lowest BCUT2D eigenvalue weighted by atomic mass is 9.82. The average molecular weight is 358 g/mol. The number of ketones is 1. The minimum Gasteiger partial charge on any atom is -0.376 e. The molecular formula is C19H20ClN3O2. The Morgan fingerprint density at radius 1 is 1.32 bits per heavy atom. The first-order valence-electron chi connectivity index (χ1n) is 8.69. The van der Waals surface area contributed by atoms with Crippen molar-refractivity contribution >= 4 is 23.3 Å². The highest BCUT2D eigenvalue weighted by Gasteiger charge is 2.28. The summed E-state index contributed by atoms with van der Waals surface area (Å²) in [6, 6.07) is 7.72. The Bertz CT molecular complexity index is 790. The smallest absolute Gasteiger partial charge is 0.222 e. The van der Waals surface area contributed by atoms with Gasteiger partial charge >= 0.3 is 0 Å². The Kier molecular flexibility index (Phi) is 4.68. The van der Waals surface area contributed by atoms with Crippen LogP contribution in [0.3, 0.4) is 0 Å². The lowest BCUT2D eigenvalue weighted by molar-refractivity contribution is 0.0962. The second kappa shape index (κ2) is 7.10. The van der Waals surface area contributed by atoms with Gasteiger partial charge in [0, 0.05) is 30.8 Å². The fourth-order valence-electron chi connectivity index (χ4n) is 3.54. The van der Waals surface area contributed by atoms with Gasteiger partial charge in [-0.2, -0.15) is 0 Å². The number of carbonyl (C=O) groups excluding carboxylic acids is 1. The molecule has 1 N–H and O–H groups in total. The molecule has 0 saturated carbocycles. The third-order valence-corrected chi connectivity index (χ3v) is 5.11. The van der Waals surface area contributed by atoms with Crippen molar-refractivity contribution in [1.29, 1.82) is 0 Å². The van der Waals surface area contributed by atoms with Crippen LogP contribution in [0.1, 0.15) is 46.8 Å². The van der Waals surface area contributed by atoms with Crippen LogP contribution >= 0.6 is 11.6 Å². The van der Waals surface area contributed by atoms with Crippen molar-refractivity contribution in [2.45, 2.75) is 37.7 Å². The Balaban J connectivity index is 1.52. The van der Waals surface area contributed by atoms with Gasteiger partial charge in [-0.3, -0.25) is 4.79 Å². The van der Waals surface area contributed by atoms with E-state index in [2.05, 4.69) is 15.3 Å². The molecule has 2 aliphatic rings. The Morgan fingerprint density at radius 3 is 3.04 bits per heavy atom. The molecule has 1 aliphatic carbocycles. The van der Waals surface area contributed by atoms with E-state index in [0.717, 1.165) is 37.1 Å². The molecule has 2 heterocycles. The Labute approximate surface area is 151 Å². The lowest BCUT2D eigenvalue weighted by Crippen LogP contribution is -2.23. The second-order valence-corrected chi connectivity index (χ2v) is 7.09. The van der Waals surface area contributed by atoms with Crippen LogP contribution in [0.15, 0.2) is 30.5 Å². The van der Waals surface area contributed by atoms with Crippen LogP contribution in [-0.2, 0) is 11.2 Å². The quantitative estimate of drug-likeness (QED) is 0.905. The molecule has 1 aromatic carbocycles. The highest BCUT2D eigenvalue weighted by Crippen LogP contribution is 2.33. The molecule has 4 rings (SSSR count). The Hall–Kier alpha value is -1.98. The van der Waals surface area contributed by atoms with E-state index in [1.54, 1.807) is 6.20 Å². The van der Waals surface area contributed by atoms with E-state index in [-0.39, 0.29) is 17.8 Å². The van der Waals surface area contributed by atoms with Gasteiger partial charge in [0.05, 0.1) is 17.4 Å². The summed E-state index contributed by atoms with van der Waals surface area (Å²) in [5.41, 5.74) is 2.53.